The van der Waals surface area contributed by atoms with Crippen molar-refractivity contribution in [2.24, 2.45) is 0 Å². The molecule has 2 aromatic carbocycles. The van der Waals surface area contributed by atoms with Crippen molar-refractivity contribution >= 4 is 44.0 Å². The number of fused-ring (bicyclic) bond motifs is 1. The molecule has 0 fully saturated rings. The van der Waals surface area contributed by atoms with Crippen LogP contribution in [0.25, 0.3) is 10.8 Å². The number of pyridine rings is 1. The zero-order valence-corrected chi connectivity index (χ0v) is 14.3. The highest BCUT2D eigenvalue weighted by Crippen LogP contribution is 2.29. The van der Waals surface area contributed by atoms with E-state index in [1.54, 1.807) is 13.3 Å². The SMILES string of the molecule is COc1ccc(CNc2cc3cc(Cl)ncc3cc2Br)cc1. The van der Waals surface area contributed by atoms with Gasteiger partial charge in [0, 0.05) is 28.3 Å². The van der Waals surface area contributed by atoms with E-state index in [0.29, 0.717) is 5.15 Å². The first-order valence-electron chi connectivity index (χ1n) is 6.77. The molecule has 0 radical (unpaired) electrons. The van der Waals surface area contributed by atoms with E-state index in [0.717, 1.165) is 33.2 Å². The van der Waals surface area contributed by atoms with Gasteiger partial charge in [-0.1, -0.05) is 23.7 Å². The van der Waals surface area contributed by atoms with E-state index < -0.39 is 0 Å². The minimum atomic E-state index is 0.496. The van der Waals surface area contributed by atoms with Gasteiger partial charge in [0.05, 0.1) is 7.11 Å². The van der Waals surface area contributed by atoms with E-state index in [2.05, 4.69) is 32.3 Å². The molecule has 3 aromatic rings. The smallest absolute Gasteiger partial charge is 0.129 e. The third-order valence-corrected chi connectivity index (χ3v) is 4.28. The Balaban J connectivity index is 1.81. The van der Waals surface area contributed by atoms with Crippen LogP contribution in [0.15, 0.2) is 53.1 Å². The monoisotopic (exact) mass is 376 g/mol. The van der Waals surface area contributed by atoms with E-state index in [1.807, 2.05) is 36.4 Å². The number of methoxy groups -OCH3 is 1. The topological polar surface area (TPSA) is 34.1 Å². The predicted octanol–water partition coefficient (Wildman–Crippen LogP) is 5.27. The van der Waals surface area contributed by atoms with Gasteiger partial charge >= 0.3 is 0 Å². The first kappa shape index (κ1) is 15.1. The van der Waals surface area contributed by atoms with Gasteiger partial charge in [-0.25, -0.2) is 4.98 Å². The van der Waals surface area contributed by atoms with Crippen LogP contribution >= 0.6 is 27.5 Å². The Morgan fingerprint density at radius 1 is 1.14 bits per heavy atom. The van der Waals surface area contributed by atoms with Gasteiger partial charge in [0.15, 0.2) is 0 Å². The Morgan fingerprint density at radius 2 is 1.91 bits per heavy atom. The molecular formula is C17H14BrClN2O. The molecule has 22 heavy (non-hydrogen) atoms. The maximum absolute atomic E-state index is 5.96. The first-order valence-corrected chi connectivity index (χ1v) is 7.94. The van der Waals surface area contributed by atoms with Crippen LogP contribution in [0.1, 0.15) is 5.56 Å². The molecule has 0 atom stereocenters. The number of rotatable bonds is 4. The van der Waals surface area contributed by atoms with Gasteiger partial charge in [-0.2, -0.15) is 0 Å². The van der Waals surface area contributed by atoms with Crippen molar-refractivity contribution < 1.29 is 4.74 Å². The molecule has 1 aromatic heterocycles. The molecule has 1 heterocycles. The third-order valence-electron chi connectivity index (χ3n) is 3.42. The molecule has 5 heteroatoms. The number of halogens is 2. The second kappa shape index (κ2) is 6.55. The highest BCUT2D eigenvalue weighted by atomic mass is 79.9. The van der Waals surface area contributed by atoms with Crippen LogP contribution in [0.2, 0.25) is 5.15 Å². The zero-order valence-electron chi connectivity index (χ0n) is 11.9. The van der Waals surface area contributed by atoms with Gasteiger partial charge in [-0.05, 0) is 57.2 Å². The quantitative estimate of drug-likeness (QED) is 0.629. The zero-order chi connectivity index (χ0) is 15.5. The Morgan fingerprint density at radius 3 is 2.64 bits per heavy atom. The second-order valence-electron chi connectivity index (χ2n) is 4.89. The largest absolute Gasteiger partial charge is 0.497 e. The highest BCUT2D eigenvalue weighted by molar-refractivity contribution is 9.10. The molecule has 0 saturated heterocycles. The van der Waals surface area contributed by atoms with Crippen LogP contribution in [0.3, 0.4) is 0 Å². The maximum Gasteiger partial charge on any atom is 0.129 e. The van der Waals surface area contributed by atoms with Crippen molar-refractivity contribution in [1.29, 1.82) is 0 Å². The summed E-state index contributed by atoms with van der Waals surface area (Å²) in [6.45, 7) is 0.729. The van der Waals surface area contributed by atoms with Crippen molar-refractivity contribution in [3.63, 3.8) is 0 Å². The van der Waals surface area contributed by atoms with Crippen molar-refractivity contribution in [2.75, 3.05) is 12.4 Å². The molecule has 0 amide bonds. The number of hydrogen-bond donors (Lipinski definition) is 1. The lowest BCUT2D eigenvalue weighted by Crippen LogP contribution is -2.00. The Labute approximate surface area is 142 Å². The molecule has 3 nitrogen and oxygen atoms in total. The molecule has 0 saturated carbocycles. The van der Waals surface area contributed by atoms with Crippen molar-refractivity contribution in [2.45, 2.75) is 6.54 Å². The van der Waals surface area contributed by atoms with Crippen LogP contribution in [-0.4, -0.2) is 12.1 Å². The Bertz CT molecular complexity index is 806. The number of aromatic nitrogens is 1. The second-order valence-corrected chi connectivity index (χ2v) is 6.13. The lowest BCUT2D eigenvalue weighted by atomic mass is 10.1. The van der Waals surface area contributed by atoms with E-state index in [1.165, 1.54) is 5.56 Å². The number of nitrogens with one attached hydrogen (secondary N) is 1. The summed E-state index contributed by atoms with van der Waals surface area (Å²) >= 11 is 9.55. The molecule has 0 spiro atoms. The van der Waals surface area contributed by atoms with Gasteiger partial charge in [-0.3, -0.25) is 0 Å². The summed E-state index contributed by atoms with van der Waals surface area (Å²) < 4.78 is 6.16. The van der Waals surface area contributed by atoms with Crippen LogP contribution in [-0.2, 0) is 6.54 Å². The van der Waals surface area contributed by atoms with Gasteiger partial charge in [-0.15, -0.1) is 0 Å². The minimum Gasteiger partial charge on any atom is -0.497 e. The van der Waals surface area contributed by atoms with Gasteiger partial charge < -0.3 is 10.1 Å². The molecule has 0 aliphatic heterocycles. The average Bonchev–Trinajstić information content (AvgIpc) is 2.54. The molecule has 1 N–H and O–H groups in total. The molecule has 0 aliphatic rings. The maximum atomic E-state index is 5.96. The summed E-state index contributed by atoms with van der Waals surface area (Å²) in [7, 11) is 1.67. The van der Waals surface area contributed by atoms with Gasteiger partial charge in [0.2, 0.25) is 0 Å². The van der Waals surface area contributed by atoms with Gasteiger partial charge in [0.25, 0.3) is 0 Å². The standard InChI is InChI=1S/C17H14BrClN2O/c1-22-14-4-2-11(3-5-14)9-20-16-7-12-8-17(19)21-10-13(12)6-15(16)18/h2-8,10,20H,9H2,1H3. The minimum absolute atomic E-state index is 0.496. The van der Waals surface area contributed by atoms with Crippen LogP contribution < -0.4 is 10.1 Å². The summed E-state index contributed by atoms with van der Waals surface area (Å²) in [6.07, 6.45) is 1.77. The number of anilines is 1. The number of ether oxygens (including phenoxy) is 1. The predicted molar refractivity (Wildman–Crippen MR) is 94.8 cm³/mol. The van der Waals surface area contributed by atoms with Crippen molar-refractivity contribution in [1.82, 2.24) is 4.98 Å². The summed E-state index contributed by atoms with van der Waals surface area (Å²) in [5.41, 5.74) is 2.20. The highest BCUT2D eigenvalue weighted by Gasteiger charge is 2.04. The molecule has 112 valence electrons. The fraction of sp³-hybridized carbons (Fsp3) is 0.118. The fourth-order valence-corrected chi connectivity index (χ4v) is 2.88. The summed E-state index contributed by atoms with van der Waals surface area (Å²) in [4.78, 5) is 4.10. The molecular weight excluding hydrogens is 364 g/mol. The fourth-order valence-electron chi connectivity index (χ4n) is 2.22. The molecule has 0 bridgehead atoms. The average molecular weight is 378 g/mol. The molecule has 0 aliphatic carbocycles. The summed E-state index contributed by atoms with van der Waals surface area (Å²) in [6, 6.07) is 14.0. The number of nitrogens with zero attached hydrogens (tertiary/aromatic N) is 1. The van der Waals surface area contributed by atoms with E-state index in [9.17, 15) is 0 Å². The van der Waals surface area contributed by atoms with Gasteiger partial charge in [0.1, 0.15) is 10.9 Å². The lowest BCUT2D eigenvalue weighted by molar-refractivity contribution is 0.414. The van der Waals surface area contributed by atoms with Crippen LogP contribution in [0, 0.1) is 0 Å². The molecule has 0 unspecified atom stereocenters. The van der Waals surface area contributed by atoms with E-state index >= 15 is 0 Å². The molecule has 3 rings (SSSR count). The van der Waals surface area contributed by atoms with Crippen molar-refractivity contribution in [3.8, 4) is 5.75 Å². The first-order chi connectivity index (χ1) is 10.7. The summed E-state index contributed by atoms with van der Waals surface area (Å²) in [5.74, 6) is 0.859. The Hall–Kier alpha value is -1.78. The third kappa shape index (κ3) is 3.34. The number of hydrogen-bond acceptors (Lipinski definition) is 3. The van der Waals surface area contributed by atoms with Crippen molar-refractivity contribution in [3.05, 3.63) is 63.9 Å². The lowest BCUT2D eigenvalue weighted by Gasteiger charge is -2.11. The Kier molecular flexibility index (Phi) is 4.50. The van der Waals surface area contributed by atoms with E-state index in [-0.39, 0.29) is 0 Å². The number of benzene rings is 2. The summed E-state index contributed by atoms with van der Waals surface area (Å²) in [5, 5.41) is 6.03. The van der Waals surface area contributed by atoms with E-state index in [4.69, 9.17) is 16.3 Å². The van der Waals surface area contributed by atoms with Crippen LogP contribution in [0.4, 0.5) is 5.69 Å². The normalized spacial score (nSPS) is 10.7. The van der Waals surface area contributed by atoms with Crippen LogP contribution in [0.5, 0.6) is 5.75 Å².